The largest absolute Gasteiger partial charge is 0.327 e. The molecule has 0 spiro atoms. The predicted molar refractivity (Wildman–Crippen MR) is 63.1 cm³/mol. The lowest BCUT2D eigenvalue weighted by molar-refractivity contribution is -0.386. The van der Waals surface area contributed by atoms with Crippen LogP contribution in [0.4, 0.5) is 5.69 Å². The van der Waals surface area contributed by atoms with E-state index in [4.69, 9.17) is 5.73 Å². The van der Waals surface area contributed by atoms with Crippen LogP contribution in [0.3, 0.4) is 0 Å². The number of nitrogens with zero attached hydrogens (tertiary/aromatic N) is 2. The fourth-order valence-electron chi connectivity index (χ4n) is 2.03. The van der Waals surface area contributed by atoms with Crippen molar-refractivity contribution in [1.82, 2.24) is 4.98 Å². The van der Waals surface area contributed by atoms with E-state index in [2.05, 4.69) is 20.9 Å². The van der Waals surface area contributed by atoms with E-state index in [-0.39, 0.29) is 23.1 Å². The summed E-state index contributed by atoms with van der Waals surface area (Å²) in [5.74, 6) is -0.0269. The summed E-state index contributed by atoms with van der Waals surface area (Å²) in [5, 5.41) is 10.9. The molecule has 2 N–H and O–H groups in total. The Morgan fingerprint density at radius 2 is 2.19 bits per heavy atom. The summed E-state index contributed by atoms with van der Waals surface area (Å²) in [5.41, 5.74) is 6.34. The fourth-order valence-corrected chi connectivity index (χ4v) is 2.34. The molecule has 0 amide bonds. The van der Waals surface area contributed by atoms with Crippen molar-refractivity contribution in [2.45, 2.75) is 25.8 Å². The highest BCUT2D eigenvalue weighted by Crippen LogP contribution is 2.58. The number of hydrogen-bond donors (Lipinski definition) is 1. The molecule has 0 radical (unpaired) electrons. The maximum atomic E-state index is 10.9. The molecule has 1 aromatic rings. The van der Waals surface area contributed by atoms with Crippen LogP contribution in [0.1, 0.15) is 25.5 Å². The second kappa shape index (κ2) is 3.49. The van der Waals surface area contributed by atoms with E-state index < -0.39 is 4.92 Å². The van der Waals surface area contributed by atoms with E-state index in [0.29, 0.717) is 10.2 Å². The lowest BCUT2D eigenvalue weighted by atomic mass is 10.1. The van der Waals surface area contributed by atoms with Gasteiger partial charge >= 0.3 is 0 Å². The first kappa shape index (κ1) is 11.5. The van der Waals surface area contributed by atoms with E-state index in [0.717, 1.165) is 0 Å². The molecular weight excluding hydrogens is 274 g/mol. The summed E-state index contributed by atoms with van der Waals surface area (Å²) in [4.78, 5) is 14.7. The minimum Gasteiger partial charge on any atom is -0.327 e. The first-order chi connectivity index (χ1) is 7.35. The zero-order valence-corrected chi connectivity index (χ0v) is 10.6. The van der Waals surface area contributed by atoms with Gasteiger partial charge in [0.15, 0.2) is 0 Å². The lowest BCUT2D eigenvalue weighted by Gasteiger charge is -2.03. The second-order valence-corrected chi connectivity index (χ2v) is 5.56. The molecule has 0 saturated heterocycles. The molecule has 0 aromatic carbocycles. The molecule has 1 aliphatic rings. The molecule has 2 unspecified atom stereocenters. The third-order valence-corrected chi connectivity index (χ3v) is 3.70. The zero-order valence-electron chi connectivity index (χ0n) is 8.98. The van der Waals surface area contributed by atoms with Gasteiger partial charge in [-0.25, -0.2) is 0 Å². The van der Waals surface area contributed by atoms with Gasteiger partial charge in [-0.15, -0.1) is 0 Å². The molecule has 1 aliphatic carbocycles. The summed E-state index contributed by atoms with van der Waals surface area (Å²) >= 11 is 3.18. The van der Waals surface area contributed by atoms with E-state index >= 15 is 0 Å². The Morgan fingerprint density at radius 1 is 1.62 bits per heavy atom. The number of halogens is 1. The first-order valence-electron chi connectivity index (χ1n) is 4.91. The molecule has 1 saturated carbocycles. The molecule has 1 aromatic heterocycles. The van der Waals surface area contributed by atoms with Crippen molar-refractivity contribution in [3.05, 3.63) is 32.5 Å². The molecule has 1 fully saturated rings. The molecule has 2 atom stereocenters. The normalized spacial score (nSPS) is 26.5. The fraction of sp³-hybridized carbons (Fsp3) is 0.500. The maximum absolute atomic E-state index is 10.9. The summed E-state index contributed by atoms with van der Waals surface area (Å²) < 4.78 is 0.606. The van der Waals surface area contributed by atoms with Crippen LogP contribution in [0.2, 0.25) is 0 Å². The van der Waals surface area contributed by atoms with Gasteiger partial charge in [-0.1, -0.05) is 13.8 Å². The minimum atomic E-state index is -0.409. The van der Waals surface area contributed by atoms with Crippen LogP contribution in [0.15, 0.2) is 16.7 Å². The van der Waals surface area contributed by atoms with Gasteiger partial charge in [0.25, 0.3) is 5.69 Å². The topological polar surface area (TPSA) is 82.0 Å². The molecule has 6 heteroatoms. The van der Waals surface area contributed by atoms with Gasteiger partial charge in [0.05, 0.1) is 4.92 Å². The smallest absolute Gasteiger partial charge is 0.292 e. The van der Waals surface area contributed by atoms with Crippen LogP contribution < -0.4 is 5.73 Å². The number of hydrogen-bond acceptors (Lipinski definition) is 4. The number of rotatable bonds is 2. The summed E-state index contributed by atoms with van der Waals surface area (Å²) in [6.07, 6.45) is 1.57. The van der Waals surface area contributed by atoms with Crippen molar-refractivity contribution in [2.75, 3.05) is 0 Å². The SMILES string of the molecule is CC1(C)C(N)C1c1ncc(Br)cc1[N+](=O)[O-]. The van der Waals surface area contributed by atoms with Gasteiger partial charge in [-0.05, 0) is 21.3 Å². The molecular formula is C10H12BrN3O2. The Morgan fingerprint density at radius 3 is 2.62 bits per heavy atom. The zero-order chi connectivity index (χ0) is 12.1. The predicted octanol–water partition coefficient (Wildman–Crippen LogP) is 2.20. The highest BCUT2D eigenvalue weighted by molar-refractivity contribution is 9.10. The lowest BCUT2D eigenvalue weighted by Crippen LogP contribution is -2.07. The number of nitrogens with two attached hydrogens (primary N) is 1. The number of aromatic nitrogens is 1. The Balaban J connectivity index is 2.47. The highest BCUT2D eigenvalue weighted by atomic mass is 79.9. The Kier molecular flexibility index (Phi) is 2.51. The van der Waals surface area contributed by atoms with Crippen LogP contribution in [-0.4, -0.2) is 15.9 Å². The molecule has 0 aliphatic heterocycles. The Hall–Kier alpha value is -1.01. The van der Waals surface area contributed by atoms with Gasteiger partial charge in [0.2, 0.25) is 0 Å². The molecule has 2 rings (SSSR count). The molecule has 0 bridgehead atoms. The van der Waals surface area contributed by atoms with Gasteiger partial charge in [-0.2, -0.15) is 0 Å². The Bertz CT molecular complexity index is 461. The summed E-state index contributed by atoms with van der Waals surface area (Å²) in [6, 6.07) is 1.42. The van der Waals surface area contributed by atoms with E-state index in [9.17, 15) is 10.1 Å². The van der Waals surface area contributed by atoms with Crippen LogP contribution in [0.25, 0.3) is 0 Å². The van der Waals surface area contributed by atoms with E-state index in [1.807, 2.05) is 13.8 Å². The minimum absolute atomic E-state index is 0.0269. The number of nitro groups is 1. The van der Waals surface area contributed by atoms with Crippen LogP contribution in [-0.2, 0) is 0 Å². The second-order valence-electron chi connectivity index (χ2n) is 4.64. The van der Waals surface area contributed by atoms with E-state index in [1.165, 1.54) is 6.07 Å². The Labute approximate surface area is 101 Å². The van der Waals surface area contributed by atoms with Gasteiger partial charge in [0.1, 0.15) is 5.69 Å². The monoisotopic (exact) mass is 285 g/mol. The van der Waals surface area contributed by atoms with Gasteiger partial charge in [0, 0.05) is 28.7 Å². The van der Waals surface area contributed by atoms with Gasteiger partial charge in [-0.3, -0.25) is 15.1 Å². The van der Waals surface area contributed by atoms with Crippen molar-refractivity contribution in [2.24, 2.45) is 11.1 Å². The highest BCUT2D eigenvalue weighted by Gasteiger charge is 2.59. The maximum Gasteiger partial charge on any atom is 0.292 e. The number of pyridine rings is 1. The summed E-state index contributed by atoms with van der Waals surface area (Å²) in [6.45, 7) is 3.99. The standard InChI is InChI=1S/C10H12BrN3O2/c1-10(2)7(9(10)12)8-6(14(15)16)3-5(11)4-13-8/h3-4,7,9H,12H2,1-2H3. The molecule has 1 heterocycles. The average molecular weight is 286 g/mol. The molecule has 5 nitrogen and oxygen atoms in total. The average Bonchev–Trinajstić information content (AvgIpc) is 2.67. The molecule has 16 heavy (non-hydrogen) atoms. The van der Waals surface area contributed by atoms with Crippen molar-refractivity contribution >= 4 is 21.6 Å². The van der Waals surface area contributed by atoms with E-state index in [1.54, 1.807) is 6.20 Å². The van der Waals surface area contributed by atoms with Crippen molar-refractivity contribution < 1.29 is 4.92 Å². The first-order valence-corrected chi connectivity index (χ1v) is 5.70. The summed E-state index contributed by atoms with van der Waals surface area (Å²) in [7, 11) is 0. The van der Waals surface area contributed by atoms with Crippen molar-refractivity contribution in [1.29, 1.82) is 0 Å². The van der Waals surface area contributed by atoms with Crippen LogP contribution in [0, 0.1) is 15.5 Å². The van der Waals surface area contributed by atoms with Crippen molar-refractivity contribution in [3.63, 3.8) is 0 Å². The third kappa shape index (κ3) is 1.62. The van der Waals surface area contributed by atoms with Crippen LogP contribution >= 0.6 is 15.9 Å². The van der Waals surface area contributed by atoms with Gasteiger partial charge < -0.3 is 5.73 Å². The van der Waals surface area contributed by atoms with Crippen molar-refractivity contribution in [3.8, 4) is 0 Å². The molecule has 86 valence electrons. The third-order valence-electron chi connectivity index (χ3n) is 3.27. The van der Waals surface area contributed by atoms with Crippen LogP contribution in [0.5, 0.6) is 0 Å². The quantitative estimate of drug-likeness (QED) is 0.667.